The van der Waals surface area contributed by atoms with Gasteiger partial charge >= 0.3 is 0 Å². The van der Waals surface area contributed by atoms with Gasteiger partial charge in [0.2, 0.25) is 4.96 Å². The van der Waals surface area contributed by atoms with Gasteiger partial charge in [0.05, 0.1) is 12.1 Å². The van der Waals surface area contributed by atoms with Crippen LogP contribution in [0.5, 0.6) is 0 Å². The molecule has 0 spiro atoms. The Morgan fingerprint density at radius 1 is 1.29 bits per heavy atom. The molecule has 114 valence electrons. The first-order valence-electron chi connectivity index (χ1n) is 7.75. The fourth-order valence-electron chi connectivity index (χ4n) is 3.32. The van der Waals surface area contributed by atoms with Crippen molar-refractivity contribution in [1.82, 2.24) is 19.8 Å². The van der Waals surface area contributed by atoms with E-state index in [1.54, 1.807) is 11.3 Å². The molecule has 2 aliphatic rings. The number of hydrogen-bond donors (Lipinski definition) is 1. The first-order valence-corrected chi connectivity index (χ1v) is 8.56. The quantitative estimate of drug-likeness (QED) is 0.918. The van der Waals surface area contributed by atoms with Crippen molar-refractivity contribution < 1.29 is 4.74 Å². The van der Waals surface area contributed by atoms with E-state index in [9.17, 15) is 0 Å². The summed E-state index contributed by atoms with van der Waals surface area (Å²) in [5.74, 6) is 2.02. The average Bonchev–Trinajstić information content (AvgIpc) is 3.16. The minimum Gasteiger partial charge on any atom is -0.381 e. The lowest BCUT2D eigenvalue weighted by Crippen LogP contribution is -2.40. The topological polar surface area (TPSA) is 78.3 Å². The fraction of sp³-hybridized carbons (Fsp3) is 0.786. The summed E-state index contributed by atoms with van der Waals surface area (Å²) < 4.78 is 7.35. The van der Waals surface area contributed by atoms with Crippen molar-refractivity contribution in [3.8, 4) is 0 Å². The van der Waals surface area contributed by atoms with Crippen molar-refractivity contribution in [1.29, 1.82) is 0 Å². The minimum atomic E-state index is -0.276. The van der Waals surface area contributed by atoms with E-state index in [-0.39, 0.29) is 5.54 Å². The second kappa shape index (κ2) is 5.00. The maximum absolute atomic E-state index is 6.63. The number of rotatable bonds is 2. The van der Waals surface area contributed by atoms with Crippen LogP contribution in [0.15, 0.2) is 0 Å². The van der Waals surface area contributed by atoms with E-state index in [0.717, 1.165) is 54.2 Å². The molecule has 0 radical (unpaired) electrons. The number of ether oxygens (including phenoxy) is 1. The minimum absolute atomic E-state index is 0.276. The zero-order chi connectivity index (χ0) is 14.4. The molecule has 0 aromatic carbocycles. The fourth-order valence-corrected chi connectivity index (χ4v) is 4.32. The molecule has 21 heavy (non-hydrogen) atoms. The van der Waals surface area contributed by atoms with Crippen LogP contribution in [0.2, 0.25) is 0 Å². The third-order valence-corrected chi connectivity index (χ3v) is 6.02. The SMILES string of the molecule is CC1CCC(N)(c2nn3c(C4CCOC4)nnc3s2)CC1. The van der Waals surface area contributed by atoms with Crippen molar-refractivity contribution >= 4 is 16.3 Å². The molecule has 1 aliphatic heterocycles. The van der Waals surface area contributed by atoms with Gasteiger partial charge in [-0.05, 0) is 38.0 Å². The van der Waals surface area contributed by atoms with Crippen LogP contribution in [0, 0.1) is 5.92 Å². The van der Waals surface area contributed by atoms with Gasteiger partial charge in [-0.15, -0.1) is 10.2 Å². The number of hydrogen-bond acceptors (Lipinski definition) is 6. The van der Waals surface area contributed by atoms with Gasteiger partial charge in [-0.25, -0.2) is 0 Å². The van der Waals surface area contributed by atoms with Gasteiger partial charge in [0, 0.05) is 12.5 Å². The van der Waals surface area contributed by atoms with Crippen molar-refractivity contribution in [3.05, 3.63) is 10.8 Å². The molecule has 0 bridgehead atoms. The first kappa shape index (κ1) is 13.6. The van der Waals surface area contributed by atoms with Crippen molar-refractivity contribution in [2.45, 2.75) is 50.5 Å². The Balaban J connectivity index is 1.67. The van der Waals surface area contributed by atoms with Crippen LogP contribution in [-0.2, 0) is 10.3 Å². The number of aromatic nitrogens is 4. The largest absolute Gasteiger partial charge is 0.381 e. The smallest absolute Gasteiger partial charge is 0.234 e. The van der Waals surface area contributed by atoms with Gasteiger partial charge in [-0.1, -0.05) is 18.3 Å². The Morgan fingerprint density at radius 3 is 2.81 bits per heavy atom. The highest BCUT2D eigenvalue weighted by Gasteiger charge is 2.36. The summed E-state index contributed by atoms with van der Waals surface area (Å²) in [7, 11) is 0. The van der Waals surface area contributed by atoms with E-state index in [4.69, 9.17) is 15.6 Å². The van der Waals surface area contributed by atoms with Crippen LogP contribution in [0.3, 0.4) is 0 Å². The molecule has 4 rings (SSSR count). The second-order valence-electron chi connectivity index (χ2n) is 6.56. The lowest BCUT2D eigenvalue weighted by Gasteiger charge is -2.33. The monoisotopic (exact) mass is 307 g/mol. The van der Waals surface area contributed by atoms with E-state index >= 15 is 0 Å². The summed E-state index contributed by atoms with van der Waals surface area (Å²) in [4.78, 5) is 0.857. The molecule has 1 aliphatic carbocycles. The van der Waals surface area contributed by atoms with Crippen LogP contribution in [0.1, 0.15) is 55.8 Å². The van der Waals surface area contributed by atoms with Crippen molar-refractivity contribution in [3.63, 3.8) is 0 Å². The first-order chi connectivity index (χ1) is 10.2. The molecule has 7 heteroatoms. The van der Waals surface area contributed by atoms with Gasteiger partial charge in [0.25, 0.3) is 0 Å². The highest BCUT2D eigenvalue weighted by atomic mass is 32.1. The third-order valence-electron chi connectivity index (χ3n) is 4.90. The van der Waals surface area contributed by atoms with Crippen LogP contribution in [0.25, 0.3) is 4.96 Å². The molecule has 1 unspecified atom stereocenters. The van der Waals surface area contributed by atoms with E-state index in [1.807, 2.05) is 4.52 Å². The van der Waals surface area contributed by atoms with Crippen LogP contribution < -0.4 is 5.73 Å². The maximum atomic E-state index is 6.63. The molecule has 1 saturated carbocycles. The highest BCUT2D eigenvalue weighted by Crippen LogP contribution is 2.39. The van der Waals surface area contributed by atoms with Crippen LogP contribution in [0.4, 0.5) is 0 Å². The predicted molar refractivity (Wildman–Crippen MR) is 80.3 cm³/mol. The lowest BCUT2D eigenvalue weighted by atomic mass is 9.78. The molecule has 3 heterocycles. The zero-order valence-corrected chi connectivity index (χ0v) is 13.1. The van der Waals surface area contributed by atoms with E-state index in [1.165, 1.54) is 12.8 Å². The number of nitrogens with zero attached hydrogens (tertiary/aromatic N) is 4. The maximum Gasteiger partial charge on any atom is 0.234 e. The predicted octanol–water partition coefficient (Wildman–Crippen LogP) is 2.05. The Kier molecular flexibility index (Phi) is 3.24. The standard InChI is InChI=1S/C14H21N5OS/c1-9-2-5-14(15,6-3-9)12-18-19-11(10-4-7-20-8-10)16-17-13(19)21-12/h9-10H,2-8,15H2,1H3. The lowest BCUT2D eigenvalue weighted by molar-refractivity contribution is 0.193. The number of fused-ring (bicyclic) bond motifs is 1. The number of nitrogens with two attached hydrogens (primary N) is 1. The van der Waals surface area contributed by atoms with Gasteiger partial charge in [-0.3, -0.25) is 0 Å². The third kappa shape index (κ3) is 2.27. The second-order valence-corrected chi connectivity index (χ2v) is 7.51. The average molecular weight is 307 g/mol. The molecule has 2 aromatic rings. The van der Waals surface area contributed by atoms with Crippen molar-refractivity contribution in [2.24, 2.45) is 11.7 Å². The molecular formula is C14H21N5OS. The molecule has 2 aromatic heterocycles. The molecule has 1 saturated heterocycles. The summed E-state index contributed by atoms with van der Waals surface area (Å²) in [5, 5.41) is 14.4. The molecular weight excluding hydrogens is 286 g/mol. The van der Waals surface area contributed by atoms with Gasteiger partial charge in [-0.2, -0.15) is 9.61 Å². The van der Waals surface area contributed by atoms with Crippen LogP contribution in [-0.4, -0.2) is 33.0 Å². The molecule has 1 atom stereocenters. The van der Waals surface area contributed by atoms with E-state index in [0.29, 0.717) is 5.92 Å². The van der Waals surface area contributed by atoms with Gasteiger partial charge in [0.1, 0.15) is 5.01 Å². The van der Waals surface area contributed by atoms with Gasteiger partial charge < -0.3 is 10.5 Å². The molecule has 6 nitrogen and oxygen atoms in total. The summed E-state index contributed by atoms with van der Waals surface area (Å²) >= 11 is 1.60. The van der Waals surface area contributed by atoms with Crippen LogP contribution >= 0.6 is 11.3 Å². The summed E-state index contributed by atoms with van der Waals surface area (Å²) in [6, 6.07) is 0. The Labute approximate surface area is 127 Å². The Hall–Kier alpha value is -1.05. The molecule has 0 amide bonds. The summed E-state index contributed by atoms with van der Waals surface area (Å²) in [5.41, 5.74) is 6.35. The summed E-state index contributed by atoms with van der Waals surface area (Å²) in [6.07, 6.45) is 5.39. The Morgan fingerprint density at radius 2 is 2.10 bits per heavy atom. The van der Waals surface area contributed by atoms with Gasteiger partial charge in [0.15, 0.2) is 5.82 Å². The van der Waals surface area contributed by atoms with E-state index in [2.05, 4.69) is 17.1 Å². The molecule has 2 N–H and O–H groups in total. The Bertz CT molecular complexity index is 637. The zero-order valence-electron chi connectivity index (χ0n) is 12.3. The van der Waals surface area contributed by atoms with E-state index < -0.39 is 0 Å². The normalized spacial score (nSPS) is 33.8. The summed E-state index contributed by atoms with van der Waals surface area (Å²) in [6.45, 7) is 3.82. The highest BCUT2D eigenvalue weighted by molar-refractivity contribution is 7.16. The van der Waals surface area contributed by atoms with Crippen molar-refractivity contribution in [2.75, 3.05) is 13.2 Å². The molecule has 2 fully saturated rings.